The average molecular weight is 290 g/mol. The van der Waals surface area contributed by atoms with Gasteiger partial charge in [-0.25, -0.2) is 4.79 Å². The van der Waals surface area contributed by atoms with Crippen molar-refractivity contribution in [2.45, 2.75) is 39.2 Å². The highest BCUT2D eigenvalue weighted by Gasteiger charge is 2.34. The predicted molar refractivity (Wildman–Crippen MR) is 81.6 cm³/mol. The molecule has 1 unspecified atom stereocenters. The van der Waals surface area contributed by atoms with Crippen LogP contribution in [0.15, 0.2) is 18.2 Å². The Hall–Kier alpha value is -2.04. The van der Waals surface area contributed by atoms with Crippen molar-refractivity contribution >= 4 is 17.7 Å². The summed E-state index contributed by atoms with van der Waals surface area (Å²) < 4.78 is 0. The molecule has 0 spiro atoms. The van der Waals surface area contributed by atoms with Crippen LogP contribution >= 0.6 is 0 Å². The summed E-state index contributed by atoms with van der Waals surface area (Å²) in [4.78, 5) is 24.8. The van der Waals surface area contributed by atoms with Gasteiger partial charge in [-0.3, -0.25) is 9.69 Å². The number of anilines is 1. The minimum absolute atomic E-state index is 0.0167. The first-order chi connectivity index (χ1) is 9.88. The van der Waals surface area contributed by atoms with E-state index in [1.54, 1.807) is 11.9 Å². The number of urea groups is 1. The summed E-state index contributed by atoms with van der Waals surface area (Å²) in [5.74, 6) is -0.570. The van der Waals surface area contributed by atoms with Gasteiger partial charge in [0.1, 0.15) is 0 Å². The normalized spacial score (nSPS) is 15.4. The van der Waals surface area contributed by atoms with Crippen molar-refractivity contribution in [3.63, 3.8) is 0 Å². The second kappa shape index (κ2) is 6.16. The molecule has 5 nitrogen and oxygen atoms in total. The molecule has 2 amide bonds. The van der Waals surface area contributed by atoms with Gasteiger partial charge in [-0.15, -0.1) is 0 Å². The molecule has 2 rings (SSSR count). The van der Waals surface area contributed by atoms with Crippen molar-refractivity contribution in [1.29, 1.82) is 0 Å². The summed E-state index contributed by atoms with van der Waals surface area (Å²) in [5, 5.41) is 11.8. The molecular weight excluding hydrogens is 268 g/mol. The number of nitrogens with one attached hydrogen (secondary N) is 1. The maximum absolute atomic E-state index is 12.3. The number of hydrogen-bond donors (Lipinski definition) is 2. The Balaban J connectivity index is 2.05. The Kier molecular flexibility index (Phi) is 4.50. The highest BCUT2D eigenvalue weighted by atomic mass is 16.4. The maximum atomic E-state index is 12.3. The zero-order valence-corrected chi connectivity index (χ0v) is 12.7. The SMILES string of the molecule is Cc1ccc(N(C)C(=O)NC(CC(=O)O)C2CC2)c(C)c1. The van der Waals surface area contributed by atoms with E-state index in [-0.39, 0.29) is 18.5 Å². The second-order valence-corrected chi connectivity index (χ2v) is 5.84. The van der Waals surface area contributed by atoms with Gasteiger partial charge in [-0.05, 0) is 44.2 Å². The van der Waals surface area contributed by atoms with E-state index in [1.165, 1.54) is 0 Å². The molecule has 0 aliphatic heterocycles. The second-order valence-electron chi connectivity index (χ2n) is 5.84. The highest BCUT2D eigenvalue weighted by molar-refractivity contribution is 5.92. The third-order valence-corrected chi connectivity index (χ3v) is 3.91. The van der Waals surface area contributed by atoms with Crippen LogP contribution in [0.5, 0.6) is 0 Å². The van der Waals surface area contributed by atoms with Gasteiger partial charge < -0.3 is 10.4 Å². The van der Waals surface area contributed by atoms with Crippen molar-refractivity contribution in [2.75, 3.05) is 11.9 Å². The van der Waals surface area contributed by atoms with Gasteiger partial charge in [0.15, 0.2) is 0 Å². The van der Waals surface area contributed by atoms with Crippen molar-refractivity contribution < 1.29 is 14.7 Å². The standard InChI is InChI=1S/C16H22N2O3/c1-10-4-7-14(11(2)8-10)18(3)16(21)17-13(9-15(19)20)12-5-6-12/h4,7-8,12-13H,5-6,9H2,1-3H3,(H,17,21)(H,19,20). The zero-order chi connectivity index (χ0) is 15.6. The molecule has 0 saturated heterocycles. The Morgan fingerprint density at radius 2 is 2.05 bits per heavy atom. The number of carbonyl (C=O) groups is 2. The number of carbonyl (C=O) groups excluding carboxylic acids is 1. The molecule has 1 saturated carbocycles. The molecule has 1 aliphatic carbocycles. The van der Waals surface area contributed by atoms with Crippen molar-refractivity contribution in [2.24, 2.45) is 5.92 Å². The number of aliphatic carboxylic acids is 1. The fourth-order valence-electron chi connectivity index (χ4n) is 2.57. The van der Waals surface area contributed by atoms with E-state index in [0.717, 1.165) is 29.7 Å². The van der Waals surface area contributed by atoms with Crippen molar-refractivity contribution in [1.82, 2.24) is 5.32 Å². The van der Waals surface area contributed by atoms with Crippen molar-refractivity contribution in [3.05, 3.63) is 29.3 Å². The summed E-state index contributed by atoms with van der Waals surface area (Å²) >= 11 is 0. The first-order valence-electron chi connectivity index (χ1n) is 7.21. The van der Waals surface area contributed by atoms with Gasteiger partial charge in [0.05, 0.1) is 6.42 Å². The van der Waals surface area contributed by atoms with Gasteiger partial charge >= 0.3 is 12.0 Å². The molecule has 0 heterocycles. The number of nitrogens with zero attached hydrogens (tertiary/aromatic N) is 1. The molecule has 1 atom stereocenters. The van der Waals surface area contributed by atoms with E-state index in [2.05, 4.69) is 5.32 Å². The molecule has 1 fully saturated rings. The molecule has 21 heavy (non-hydrogen) atoms. The number of rotatable bonds is 5. The predicted octanol–water partition coefficient (Wildman–Crippen LogP) is 2.70. The van der Waals surface area contributed by atoms with Crippen LogP contribution in [-0.4, -0.2) is 30.2 Å². The van der Waals surface area contributed by atoms with E-state index in [9.17, 15) is 9.59 Å². The molecule has 2 N–H and O–H groups in total. The van der Waals surface area contributed by atoms with Crippen LogP contribution in [0.4, 0.5) is 10.5 Å². The molecule has 0 radical (unpaired) electrons. The largest absolute Gasteiger partial charge is 0.481 e. The minimum atomic E-state index is -0.874. The van der Waals surface area contributed by atoms with Gasteiger partial charge in [0, 0.05) is 18.8 Å². The summed E-state index contributed by atoms with van der Waals surface area (Å²) in [7, 11) is 1.71. The Bertz CT molecular complexity index is 552. The first-order valence-corrected chi connectivity index (χ1v) is 7.21. The number of amides is 2. The van der Waals surface area contributed by atoms with E-state index in [1.807, 2.05) is 32.0 Å². The Labute approximate surface area is 125 Å². The lowest BCUT2D eigenvalue weighted by Gasteiger charge is -2.24. The summed E-state index contributed by atoms with van der Waals surface area (Å²) in [6.07, 6.45) is 1.97. The Morgan fingerprint density at radius 1 is 1.38 bits per heavy atom. The third kappa shape index (κ3) is 3.97. The van der Waals surface area contributed by atoms with Crippen LogP contribution in [0.3, 0.4) is 0 Å². The lowest BCUT2D eigenvalue weighted by atomic mass is 10.1. The third-order valence-electron chi connectivity index (χ3n) is 3.91. The van der Waals surface area contributed by atoms with E-state index in [4.69, 9.17) is 5.11 Å². The number of benzene rings is 1. The molecular formula is C16H22N2O3. The van der Waals surface area contributed by atoms with E-state index in [0.29, 0.717) is 5.92 Å². The van der Waals surface area contributed by atoms with Gasteiger partial charge in [-0.1, -0.05) is 17.7 Å². The summed E-state index contributed by atoms with van der Waals surface area (Å²) in [6, 6.07) is 5.37. The van der Waals surface area contributed by atoms with Crippen LogP contribution in [-0.2, 0) is 4.79 Å². The molecule has 1 aromatic carbocycles. The lowest BCUT2D eigenvalue weighted by Crippen LogP contribution is -2.45. The number of carboxylic acids is 1. The van der Waals surface area contributed by atoms with Crippen LogP contribution in [0.2, 0.25) is 0 Å². The highest BCUT2D eigenvalue weighted by Crippen LogP contribution is 2.34. The number of aryl methyl sites for hydroxylation is 2. The summed E-state index contributed by atoms with van der Waals surface area (Å²) in [6.45, 7) is 3.97. The molecule has 1 aliphatic rings. The van der Waals surface area contributed by atoms with Crippen LogP contribution in [0.25, 0.3) is 0 Å². The molecule has 114 valence electrons. The monoisotopic (exact) mass is 290 g/mol. The Morgan fingerprint density at radius 3 is 2.57 bits per heavy atom. The molecule has 0 aromatic heterocycles. The fourth-order valence-corrected chi connectivity index (χ4v) is 2.57. The van der Waals surface area contributed by atoms with E-state index < -0.39 is 5.97 Å². The van der Waals surface area contributed by atoms with Gasteiger partial charge in [0.25, 0.3) is 0 Å². The number of hydrogen-bond acceptors (Lipinski definition) is 2. The van der Waals surface area contributed by atoms with Crippen molar-refractivity contribution in [3.8, 4) is 0 Å². The van der Waals surface area contributed by atoms with Crippen LogP contribution < -0.4 is 10.2 Å². The summed E-state index contributed by atoms with van der Waals surface area (Å²) in [5.41, 5.74) is 3.00. The quantitative estimate of drug-likeness (QED) is 0.876. The van der Waals surface area contributed by atoms with Crippen LogP contribution in [0.1, 0.15) is 30.4 Å². The van der Waals surface area contributed by atoms with Gasteiger partial charge in [-0.2, -0.15) is 0 Å². The zero-order valence-electron chi connectivity index (χ0n) is 12.7. The van der Waals surface area contributed by atoms with E-state index >= 15 is 0 Å². The lowest BCUT2D eigenvalue weighted by molar-refractivity contribution is -0.137. The minimum Gasteiger partial charge on any atom is -0.481 e. The molecule has 0 bridgehead atoms. The number of carboxylic acid groups (broad SMARTS) is 1. The first kappa shape index (κ1) is 15.4. The molecule has 1 aromatic rings. The molecule has 5 heteroatoms. The van der Waals surface area contributed by atoms with Gasteiger partial charge in [0.2, 0.25) is 0 Å². The smallest absolute Gasteiger partial charge is 0.321 e. The average Bonchev–Trinajstić information content (AvgIpc) is 3.20. The van der Waals surface area contributed by atoms with Crippen LogP contribution in [0, 0.1) is 19.8 Å². The fraction of sp³-hybridized carbons (Fsp3) is 0.500. The topological polar surface area (TPSA) is 69.6 Å². The maximum Gasteiger partial charge on any atom is 0.321 e.